The molecule has 0 radical (unpaired) electrons. The summed E-state index contributed by atoms with van der Waals surface area (Å²) in [7, 11) is 1.70. The summed E-state index contributed by atoms with van der Waals surface area (Å²) in [6.07, 6.45) is 6.51. The van der Waals surface area contributed by atoms with Crippen molar-refractivity contribution < 1.29 is 14.3 Å². The Morgan fingerprint density at radius 2 is 1.89 bits per heavy atom. The van der Waals surface area contributed by atoms with E-state index in [1.165, 1.54) is 12.0 Å². The van der Waals surface area contributed by atoms with Gasteiger partial charge in [0.25, 0.3) is 0 Å². The minimum Gasteiger partial charge on any atom is -0.497 e. The van der Waals surface area contributed by atoms with Crippen molar-refractivity contribution in [1.29, 1.82) is 0 Å². The molecule has 0 unspecified atom stereocenters. The lowest BCUT2D eigenvalue weighted by atomic mass is 9.70. The lowest BCUT2D eigenvalue weighted by Gasteiger charge is -2.40. The standard InChI is InChI=1S/C25H38O3/c1-7-8-9-17(2)23(26)28-22-20(16-18-10-12-19(27-6)13-11-18)21-14-15-25(22,5)24(21,3)4/h10-13,17,20-22H,7-9,14-16H2,1-6H3/t17-,20-,21+,22+,25-/m0/s1. The zero-order valence-corrected chi connectivity index (χ0v) is 18.6. The first-order valence-electron chi connectivity index (χ1n) is 11.1. The number of carbonyl (C=O) groups is 1. The largest absolute Gasteiger partial charge is 0.497 e. The third-order valence-electron chi connectivity index (χ3n) is 8.17. The van der Waals surface area contributed by atoms with Gasteiger partial charge in [0.1, 0.15) is 11.9 Å². The Hall–Kier alpha value is -1.51. The van der Waals surface area contributed by atoms with Crippen LogP contribution < -0.4 is 4.74 Å². The second-order valence-corrected chi connectivity index (χ2v) is 9.90. The molecule has 1 aromatic rings. The zero-order chi connectivity index (χ0) is 20.5. The van der Waals surface area contributed by atoms with Crippen molar-refractivity contribution in [2.75, 3.05) is 7.11 Å². The molecular weight excluding hydrogens is 348 g/mol. The first-order chi connectivity index (χ1) is 13.2. The second-order valence-electron chi connectivity index (χ2n) is 9.90. The van der Waals surface area contributed by atoms with Crippen molar-refractivity contribution in [3.63, 3.8) is 0 Å². The molecule has 2 aliphatic rings. The van der Waals surface area contributed by atoms with Gasteiger partial charge in [-0.2, -0.15) is 0 Å². The lowest BCUT2D eigenvalue weighted by Crippen LogP contribution is -2.42. The van der Waals surface area contributed by atoms with E-state index < -0.39 is 0 Å². The van der Waals surface area contributed by atoms with Crippen LogP contribution in [0, 0.1) is 28.6 Å². The number of unbranched alkanes of at least 4 members (excludes halogenated alkanes) is 1. The van der Waals surface area contributed by atoms with E-state index in [4.69, 9.17) is 9.47 Å². The molecule has 0 saturated heterocycles. The van der Waals surface area contributed by atoms with Crippen LogP contribution in [0.15, 0.2) is 24.3 Å². The summed E-state index contributed by atoms with van der Waals surface area (Å²) in [5, 5.41) is 0. The first-order valence-corrected chi connectivity index (χ1v) is 11.1. The number of ether oxygens (including phenoxy) is 2. The van der Waals surface area contributed by atoms with Gasteiger partial charge in [-0.15, -0.1) is 0 Å². The van der Waals surface area contributed by atoms with Crippen LogP contribution in [0.25, 0.3) is 0 Å². The Bertz CT molecular complexity index is 678. The molecule has 2 bridgehead atoms. The number of benzene rings is 1. The van der Waals surface area contributed by atoms with E-state index in [1.807, 2.05) is 19.1 Å². The Kier molecular flexibility index (Phi) is 6.12. The number of hydrogen-bond donors (Lipinski definition) is 0. The molecule has 0 heterocycles. The average Bonchev–Trinajstić information content (AvgIpc) is 2.99. The van der Waals surface area contributed by atoms with Gasteiger partial charge < -0.3 is 9.47 Å². The SMILES string of the molecule is CCCC[C@H](C)C(=O)O[C@@H]1[C@@H](Cc2ccc(OC)cc2)[C@H]2CC[C@]1(C)C2(C)C. The van der Waals surface area contributed by atoms with Gasteiger partial charge >= 0.3 is 5.97 Å². The van der Waals surface area contributed by atoms with Crippen molar-refractivity contribution in [2.45, 2.75) is 79.2 Å². The van der Waals surface area contributed by atoms with Crippen molar-refractivity contribution >= 4 is 5.97 Å². The van der Waals surface area contributed by atoms with Crippen LogP contribution >= 0.6 is 0 Å². The van der Waals surface area contributed by atoms with E-state index in [9.17, 15) is 4.79 Å². The van der Waals surface area contributed by atoms with Gasteiger partial charge in [-0.3, -0.25) is 4.79 Å². The van der Waals surface area contributed by atoms with Crippen LogP contribution in [0.1, 0.15) is 72.3 Å². The van der Waals surface area contributed by atoms with Crippen LogP contribution in [0.5, 0.6) is 5.75 Å². The molecule has 156 valence electrons. The van der Waals surface area contributed by atoms with Crippen molar-refractivity contribution in [2.24, 2.45) is 28.6 Å². The molecule has 28 heavy (non-hydrogen) atoms. The monoisotopic (exact) mass is 386 g/mol. The van der Waals surface area contributed by atoms with E-state index in [0.29, 0.717) is 11.8 Å². The molecule has 1 aromatic carbocycles. The fourth-order valence-electron chi connectivity index (χ4n) is 5.87. The second kappa shape index (κ2) is 8.08. The number of carbonyl (C=O) groups excluding carboxylic acids is 1. The molecule has 0 amide bonds. The summed E-state index contributed by atoms with van der Waals surface area (Å²) >= 11 is 0. The summed E-state index contributed by atoms with van der Waals surface area (Å²) in [6, 6.07) is 8.37. The number of methoxy groups -OCH3 is 1. The molecular formula is C25H38O3. The van der Waals surface area contributed by atoms with Gasteiger partial charge in [-0.05, 0) is 54.7 Å². The smallest absolute Gasteiger partial charge is 0.308 e. The molecule has 3 rings (SSSR count). The predicted molar refractivity (Wildman–Crippen MR) is 113 cm³/mol. The van der Waals surface area contributed by atoms with Gasteiger partial charge in [-0.25, -0.2) is 0 Å². The average molecular weight is 387 g/mol. The summed E-state index contributed by atoms with van der Waals surface area (Å²) in [4.78, 5) is 12.9. The van der Waals surface area contributed by atoms with Crippen LogP contribution in [-0.4, -0.2) is 19.2 Å². The number of hydrogen-bond acceptors (Lipinski definition) is 3. The van der Waals surface area contributed by atoms with Gasteiger partial charge in [0.05, 0.1) is 13.0 Å². The van der Waals surface area contributed by atoms with E-state index in [1.54, 1.807) is 7.11 Å². The van der Waals surface area contributed by atoms with Gasteiger partial charge in [-0.1, -0.05) is 59.6 Å². The molecule has 5 atom stereocenters. The van der Waals surface area contributed by atoms with Gasteiger partial charge in [0, 0.05) is 11.3 Å². The predicted octanol–water partition coefficient (Wildman–Crippen LogP) is 6.05. The maximum absolute atomic E-state index is 12.9. The molecule has 2 saturated carbocycles. The first kappa shape index (κ1) is 21.2. The molecule has 2 aliphatic carbocycles. The Morgan fingerprint density at radius 3 is 2.50 bits per heavy atom. The highest BCUT2D eigenvalue weighted by Crippen LogP contribution is 2.69. The Morgan fingerprint density at radius 1 is 1.21 bits per heavy atom. The minimum absolute atomic E-state index is 0.00255. The summed E-state index contributed by atoms with van der Waals surface area (Å²) < 4.78 is 11.6. The van der Waals surface area contributed by atoms with Crippen LogP contribution in [0.2, 0.25) is 0 Å². The topological polar surface area (TPSA) is 35.5 Å². The maximum Gasteiger partial charge on any atom is 0.308 e. The quantitative estimate of drug-likeness (QED) is 0.510. The molecule has 3 heteroatoms. The third-order valence-corrected chi connectivity index (χ3v) is 8.17. The Labute approximate surface area is 171 Å². The highest BCUT2D eigenvalue weighted by Gasteiger charge is 2.67. The number of esters is 1. The van der Waals surface area contributed by atoms with Crippen molar-refractivity contribution in [3.8, 4) is 5.75 Å². The summed E-state index contributed by atoms with van der Waals surface area (Å²) in [5.41, 5.74) is 1.56. The maximum atomic E-state index is 12.9. The van der Waals surface area contributed by atoms with E-state index >= 15 is 0 Å². The minimum atomic E-state index is -0.00701. The van der Waals surface area contributed by atoms with E-state index in [0.717, 1.165) is 37.9 Å². The lowest BCUT2D eigenvalue weighted by molar-refractivity contribution is -0.165. The fourth-order valence-corrected chi connectivity index (χ4v) is 5.87. The van der Waals surface area contributed by atoms with Gasteiger partial charge in [0.15, 0.2) is 0 Å². The molecule has 3 nitrogen and oxygen atoms in total. The van der Waals surface area contributed by atoms with E-state index in [2.05, 4.69) is 39.8 Å². The molecule has 2 fully saturated rings. The van der Waals surface area contributed by atoms with Crippen LogP contribution in [-0.2, 0) is 16.0 Å². The zero-order valence-electron chi connectivity index (χ0n) is 18.6. The highest BCUT2D eigenvalue weighted by molar-refractivity contribution is 5.72. The van der Waals surface area contributed by atoms with Crippen molar-refractivity contribution in [1.82, 2.24) is 0 Å². The fraction of sp³-hybridized carbons (Fsp3) is 0.720. The third kappa shape index (κ3) is 3.57. The molecule has 0 spiro atoms. The van der Waals surface area contributed by atoms with Crippen molar-refractivity contribution in [3.05, 3.63) is 29.8 Å². The number of rotatable bonds is 8. The van der Waals surface area contributed by atoms with E-state index in [-0.39, 0.29) is 28.8 Å². The molecule has 0 aliphatic heterocycles. The normalized spacial score (nSPS) is 31.6. The Balaban J connectivity index is 1.80. The molecule has 0 aromatic heterocycles. The number of fused-ring (bicyclic) bond motifs is 2. The summed E-state index contributed by atoms with van der Waals surface area (Å²) in [6.45, 7) is 11.3. The van der Waals surface area contributed by atoms with Crippen LogP contribution in [0.4, 0.5) is 0 Å². The summed E-state index contributed by atoms with van der Waals surface area (Å²) in [5.74, 6) is 1.87. The highest BCUT2D eigenvalue weighted by atomic mass is 16.5. The van der Waals surface area contributed by atoms with Crippen LogP contribution in [0.3, 0.4) is 0 Å². The van der Waals surface area contributed by atoms with Gasteiger partial charge in [0.2, 0.25) is 0 Å². The molecule has 0 N–H and O–H groups in total.